The Bertz CT molecular complexity index is 624. The molecule has 1 saturated carbocycles. The molecule has 5 atom stereocenters. The van der Waals surface area contributed by atoms with Crippen LogP contribution in [0.4, 0.5) is 0 Å². The first kappa shape index (κ1) is 19.9. The first-order chi connectivity index (χ1) is 13.8. The molecule has 1 aromatic carbocycles. The van der Waals surface area contributed by atoms with Gasteiger partial charge in [0.1, 0.15) is 0 Å². The summed E-state index contributed by atoms with van der Waals surface area (Å²) in [5.41, 5.74) is 1.19. The molecule has 0 unspecified atom stereocenters. The van der Waals surface area contributed by atoms with E-state index in [1.54, 1.807) is 0 Å². The predicted molar refractivity (Wildman–Crippen MR) is 111 cm³/mol. The van der Waals surface area contributed by atoms with Gasteiger partial charge in [-0.2, -0.15) is 0 Å². The van der Waals surface area contributed by atoms with E-state index in [9.17, 15) is 4.79 Å². The molecule has 3 N–H and O–H groups in total. The van der Waals surface area contributed by atoms with E-state index in [1.807, 2.05) is 18.2 Å². The molecule has 0 radical (unpaired) electrons. The third-order valence-corrected chi connectivity index (χ3v) is 6.74. The normalized spacial score (nSPS) is 32.2. The van der Waals surface area contributed by atoms with E-state index in [-0.39, 0.29) is 18.1 Å². The number of carbonyl (C=O) groups is 1. The molecule has 154 valence electrons. The number of carbonyl (C=O) groups excluding carboxylic acids is 1. The van der Waals surface area contributed by atoms with Gasteiger partial charge in [0, 0.05) is 12.5 Å². The van der Waals surface area contributed by atoms with Crippen LogP contribution in [-0.4, -0.2) is 43.7 Å². The molecule has 1 aromatic rings. The highest BCUT2D eigenvalue weighted by Crippen LogP contribution is 2.27. The number of hydrogen-bond acceptors (Lipinski definition) is 4. The first-order valence-electron chi connectivity index (χ1n) is 11.2. The smallest absolute Gasteiger partial charge is 0.220 e. The Balaban J connectivity index is 1.16. The molecule has 3 fully saturated rings. The lowest BCUT2D eigenvalue weighted by Crippen LogP contribution is -2.54. The lowest BCUT2D eigenvalue weighted by molar-refractivity contribution is -0.123. The molecule has 4 rings (SSSR count). The second kappa shape index (κ2) is 9.86. The second-order valence-electron chi connectivity index (χ2n) is 8.87. The van der Waals surface area contributed by atoms with Crippen LogP contribution >= 0.6 is 0 Å². The van der Waals surface area contributed by atoms with E-state index in [2.05, 4.69) is 28.1 Å². The Hall–Kier alpha value is -1.43. The Labute approximate surface area is 169 Å². The summed E-state index contributed by atoms with van der Waals surface area (Å²) in [5, 5.41) is 10.5. The minimum atomic E-state index is 0.148. The van der Waals surface area contributed by atoms with Crippen LogP contribution < -0.4 is 16.0 Å². The molecule has 1 aliphatic carbocycles. The highest BCUT2D eigenvalue weighted by Gasteiger charge is 2.33. The maximum Gasteiger partial charge on any atom is 0.220 e. The summed E-state index contributed by atoms with van der Waals surface area (Å²) in [6, 6.07) is 11.0. The molecule has 0 spiro atoms. The van der Waals surface area contributed by atoms with Gasteiger partial charge < -0.3 is 20.7 Å². The van der Waals surface area contributed by atoms with Crippen molar-refractivity contribution in [3.8, 4) is 0 Å². The van der Waals surface area contributed by atoms with Crippen molar-refractivity contribution in [1.82, 2.24) is 16.0 Å². The monoisotopic (exact) mass is 385 g/mol. The molecule has 2 bridgehead atoms. The molecule has 5 nitrogen and oxygen atoms in total. The minimum Gasteiger partial charge on any atom is -0.371 e. The van der Waals surface area contributed by atoms with Crippen LogP contribution in [0.2, 0.25) is 0 Å². The van der Waals surface area contributed by atoms with Gasteiger partial charge in [-0.15, -0.1) is 0 Å². The molecule has 2 saturated heterocycles. The van der Waals surface area contributed by atoms with Crippen molar-refractivity contribution in [2.75, 3.05) is 19.6 Å². The Morgan fingerprint density at radius 3 is 2.93 bits per heavy atom. The van der Waals surface area contributed by atoms with Gasteiger partial charge in [0.05, 0.1) is 18.8 Å². The molecule has 1 amide bonds. The quantitative estimate of drug-likeness (QED) is 0.644. The maximum absolute atomic E-state index is 12.5. The molecule has 2 aliphatic heterocycles. The van der Waals surface area contributed by atoms with Gasteiger partial charge in [0.25, 0.3) is 0 Å². The summed E-state index contributed by atoms with van der Waals surface area (Å²) in [7, 11) is 0. The number of rotatable bonds is 8. The van der Waals surface area contributed by atoms with Crippen LogP contribution in [0.5, 0.6) is 0 Å². The summed E-state index contributed by atoms with van der Waals surface area (Å²) in [4.78, 5) is 12.5. The zero-order valence-corrected chi connectivity index (χ0v) is 16.9. The van der Waals surface area contributed by atoms with Crippen LogP contribution in [0.1, 0.15) is 50.5 Å². The van der Waals surface area contributed by atoms with Crippen LogP contribution in [0.15, 0.2) is 30.3 Å². The molecule has 5 heteroatoms. The molecule has 28 heavy (non-hydrogen) atoms. The maximum atomic E-state index is 12.5. The van der Waals surface area contributed by atoms with E-state index in [0.717, 1.165) is 63.6 Å². The lowest BCUT2D eigenvalue weighted by Gasteiger charge is -2.41. The van der Waals surface area contributed by atoms with Crippen molar-refractivity contribution in [3.05, 3.63) is 35.9 Å². The van der Waals surface area contributed by atoms with Crippen molar-refractivity contribution in [2.45, 2.75) is 69.7 Å². The zero-order chi connectivity index (χ0) is 19.2. The summed E-state index contributed by atoms with van der Waals surface area (Å²) < 4.78 is 6.12. The van der Waals surface area contributed by atoms with Gasteiger partial charge in [0.2, 0.25) is 5.91 Å². The summed E-state index contributed by atoms with van der Waals surface area (Å²) >= 11 is 0. The summed E-state index contributed by atoms with van der Waals surface area (Å²) in [5.74, 6) is 1.73. The van der Waals surface area contributed by atoms with E-state index < -0.39 is 0 Å². The van der Waals surface area contributed by atoms with Crippen LogP contribution in [0.3, 0.4) is 0 Å². The lowest BCUT2D eigenvalue weighted by atomic mass is 9.80. The van der Waals surface area contributed by atoms with E-state index in [1.165, 1.54) is 12.0 Å². The molecular formula is C23H35N3O2. The van der Waals surface area contributed by atoms with Crippen molar-refractivity contribution < 1.29 is 9.53 Å². The van der Waals surface area contributed by atoms with Crippen LogP contribution in [0, 0.1) is 11.8 Å². The van der Waals surface area contributed by atoms with Gasteiger partial charge in [-0.05, 0) is 75.6 Å². The predicted octanol–water partition coefficient (Wildman–Crippen LogP) is 2.61. The third kappa shape index (κ3) is 5.34. The number of hydrogen-bond donors (Lipinski definition) is 3. The van der Waals surface area contributed by atoms with Crippen molar-refractivity contribution in [3.63, 3.8) is 0 Å². The topological polar surface area (TPSA) is 62.4 Å². The molecular weight excluding hydrogens is 350 g/mol. The van der Waals surface area contributed by atoms with Crippen LogP contribution in [0.25, 0.3) is 0 Å². The van der Waals surface area contributed by atoms with Gasteiger partial charge >= 0.3 is 0 Å². The standard InChI is InChI=1S/C23H35N3O2/c27-23(11-5-8-20-19-12-18(14-25-20)13-24-15-19)26-21-9-4-10-22(21)28-16-17-6-2-1-3-7-17/h1-3,6-7,18-22,24-25H,4-5,8-16H2,(H,26,27)/t18-,19+,20-,21+,22+/m0/s1. The average Bonchev–Trinajstić information content (AvgIpc) is 3.16. The van der Waals surface area contributed by atoms with E-state index in [0.29, 0.717) is 19.1 Å². The van der Waals surface area contributed by atoms with Gasteiger partial charge in [-0.1, -0.05) is 30.3 Å². The molecule has 2 heterocycles. The van der Waals surface area contributed by atoms with Crippen molar-refractivity contribution >= 4 is 5.91 Å². The highest BCUT2D eigenvalue weighted by atomic mass is 16.5. The van der Waals surface area contributed by atoms with Crippen LogP contribution in [-0.2, 0) is 16.1 Å². The molecule has 0 aromatic heterocycles. The summed E-state index contributed by atoms with van der Waals surface area (Å²) in [6.07, 6.45) is 7.40. The Morgan fingerprint density at radius 2 is 2.04 bits per heavy atom. The minimum absolute atomic E-state index is 0.148. The Kier molecular flexibility index (Phi) is 7.00. The number of amides is 1. The Morgan fingerprint density at radius 1 is 1.14 bits per heavy atom. The first-order valence-corrected chi connectivity index (χ1v) is 11.2. The number of piperidine rings is 2. The van der Waals surface area contributed by atoms with Crippen molar-refractivity contribution in [1.29, 1.82) is 0 Å². The SMILES string of the molecule is O=C(CCC[C@@H]1NC[C@@H]2CNC[C@H]1C2)N[C@@H]1CCC[C@H]1OCc1ccccc1. The number of ether oxygens (including phenoxy) is 1. The summed E-state index contributed by atoms with van der Waals surface area (Å²) in [6.45, 7) is 4.04. The number of benzene rings is 1. The number of nitrogens with one attached hydrogen (secondary N) is 3. The van der Waals surface area contributed by atoms with E-state index >= 15 is 0 Å². The van der Waals surface area contributed by atoms with Gasteiger partial charge in [0.15, 0.2) is 0 Å². The van der Waals surface area contributed by atoms with E-state index in [4.69, 9.17) is 4.74 Å². The second-order valence-corrected chi connectivity index (χ2v) is 8.87. The largest absolute Gasteiger partial charge is 0.371 e. The zero-order valence-electron chi connectivity index (χ0n) is 16.9. The third-order valence-electron chi connectivity index (χ3n) is 6.74. The highest BCUT2D eigenvalue weighted by molar-refractivity contribution is 5.76. The fourth-order valence-corrected chi connectivity index (χ4v) is 5.18. The molecule has 3 aliphatic rings. The van der Waals surface area contributed by atoms with Gasteiger partial charge in [-0.3, -0.25) is 4.79 Å². The van der Waals surface area contributed by atoms with Crippen molar-refractivity contribution in [2.24, 2.45) is 11.8 Å². The average molecular weight is 386 g/mol. The van der Waals surface area contributed by atoms with Gasteiger partial charge in [-0.25, -0.2) is 0 Å². The fourth-order valence-electron chi connectivity index (χ4n) is 5.18. The number of fused-ring (bicyclic) bond motifs is 2. The fraction of sp³-hybridized carbons (Fsp3) is 0.696.